The minimum absolute atomic E-state index is 0.421. The zero-order chi connectivity index (χ0) is 14.5. The Morgan fingerprint density at radius 1 is 1.15 bits per heavy atom. The number of aryl methyl sites for hydroxylation is 1. The first kappa shape index (κ1) is 15.0. The van der Waals surface area contributed by atoms with E-state index in [0.717, 1.165) is 22.0 Å². The zero-order valence-electron chi connectivity index (χ0n) is 12.2. The van der Waals surface area contributed by atoms with Crippen LogP contribution in [0.25, 0.3) is 0 Å². The summed E-state index contributed by atoms with van der Waals surface area (Å²) in [7, 11) is -1.06. The Labute approximate surface area is 122 Å². The van der Waals surface area contributed by atoms with Gasteiger partial charge in [0.15, 0.2) is 0 Å². The molecule has 1 N–H and O–H groups in total. The first-order valence-corrected chi connectivity index (χ1v) is 8.13. The van der Waals surface area contributed by atoms with Gasteiger partial charge in [0.2, 0.25) is 0 Å². The van der Waals surface area contributed by atoms with Crippen molar-refractivity contribution in [2.24, 2.45) is 0 Å². The van der Waals surface area contributed by atoms with Crippen LogP contribution in [0, 0.1) is 6.92 Å². The van der Waals surface area contributed by atoms with Crippen LogP contribution in [-0.2, 0) is 23.1 Å². The average molecular weight is 291 g/mol. The molecule has 108 valence electrons. The third-order valence-electron chi connectivity index (χ3n) is 3.01. The molecule has 1 heterocycles. The van der Waals surface area contributed by atoms with Gasteiger partial charge in [0.25, 0.3) is 0 Å². The Morgan fingerprint density at radius 2 is 1.85 bits per heavy atom. The number of hydrogen-bond acceptors (Lipinski definition) is 3. The lowest BCUT2D eigenvalue weighted by Crippen LogP contribution is -2.21. The maximum Gasteiger partial charge on any atom is 0.118 e. The van der Waals surface area contributed by atoms with Gasteiger partial charge >= 0.3 is 0 Å². The van der Waals surface area contributed by atoms with Gasteiger partial charge in [-0.15, -0.1) is 0 Å². The van der Waals surface area contributed by atoms with Gasteiger partial charge in [0, 0.05) is 10.9 Å². The number of nitrogens with one attached hydrogen (secondary N) is 1. The van der Waals surface area contributed by atoms with Gasteiger partial charge in [-0.25, -0.2) is 0 Å². The molecule has 0 aliphatic heterocycles. The SMILES string of the molecule is Cc1ccccc1S(=O)Cc1ccc(CNC(C)C)o1. The van der Waals surface area contributed by atoms with Crippen molar-refractivity contribution in [1.82, 2.24) is 5.32 Å². The quantitative estimate of drug-likeness (QED) is 0.887. The molecule has 3 nitrogen and oxygen atoms in total. The van der Waals surface area contributed by atoms with Crippen LogP contribution in [0.5, 0.6) is 0 Å². The van der Waals surface area contributed by atoms with Crippen LogP contribution in [0.3, 0.4) is 0 Å². The molecule has 0 amide bonds. The van der Waals surface area contributed by atoms with E-state index < -0.39 is 10.8 Å². The van der Waals surface area contributed by atoms with E-state index in [1.165, 1.54) is 0 Å². The standard InChI is InChI=1S/C16H21NO2S/c1-12(2)17-10-14-8-9-15(19-14)11-20(18)16-7-5-4-6-13(16)3/h4-9,12,17H,10-11H2,1-3H3. The summed E-state index contributed by atoms with van der Waals surface area (Å²) in [5.74, 6) is 2.08. The summed E-state index contributed by atoms with van der Waals surface area (Å²) in [6, 6.07) is 12.0. The van der Waals surface area contributed by atoms with Gasteiger partial charge in [-0.2, -0.15) is 0 Å². The normalized spacial score (nSPS) is 12.8. The van der Waals surface area contributed by atoms with Crippen molar-refractivity contribution in [2.75, 3.05) is 0 Å². The van der Waals surface area contributed by atoms with Gasteiger partial charge in [-0.3, -0.25) is 4.21 Å². The topological polar surface area (TPSA) is 42.2 Å². The molecule has 1 unspecified atom stereocenters. The van der Waals surface area contributed by atoms with Crippen molar-refractivity contribution in [3.63, 3.8) is 0 Å². The van der Waals surface area contributed by atoms with Gasteiger partial charge in [-0.05, 0) is 30.7 Å². The van der Waals surface area contributed by atoms with E-state index in [9.17, 15) is 4.21 Å². The van der Waals surface area contributed by atoms with Crippen molar-refractivity contribution in [2.45, 2.75) is 44.0 Å². The summed E-state index contributed by atoms with van der Waals surface area (Å²) in [6.07, 6.45) is 0. The largest absolute Gasteiger partial charge is 0.464 e. The molecule has 2 rings (SSSR count). The van der Waals surface area contributed by atoms with E-state index >= 15 is 0 Å². The molecule has 0 spiro atoms. The van der Waals surface area contributed by atoms with Crippen LogP contribution in [0.1, 0.15) is 30.9 Å². The highest BCUT2D eigenvalue weighted by Gasteiger charge is 2.10. The van der Waals surface area contributed by atoms with Crippen LogP contribution in [-0.4, -0.2) is 10.3 Å². The molecule has 1 atom stereocenters. The van der Waals surface area contributed by atoms with Crippen molar-refractivity contribution >= 4 is 10.8 Å². The van der Waals surface area contributed by atoms with E-state index in [1.54, 1.807) is 0 Å². The molecular weight excluding hydrogens is 270 g/mol. The maximum atomic E-state index is 12.3. The molecule has 0 aliphatic rings. The first-order valence-electron chi connectivity index (χ1n) is 6.81. The predicted octanol–water partition coefficient (Wildman–Crippen LogP) is 3.39. The number of hydrogen-bond donors (Lipinski definition) is 1. The van der Waals surface area contributed by atoms with Crippen LogP contribution < -0.4 is 5.32 Å². The molecule has 0 bridgehead atoms. The molecule has 2 aromatic rings. The molecule has 0 aliphatic carbocycles. The molecule has 20 heavy (non-hydrogen) atoms. The Kier molecular flexibility index (Phi) is 5.15. The fraction of sp³-hybridized carbons (Fsp3) is 0.375. The summed E-state index contributed by atoms with van der Waals surface area (Å²) in [6.45, 7) is 6.87. The lowest BCUT2D eigenvalue weighted by molar-refractivity contribution is 0.445. The second-order valence-corrected chi connectivity index (χ2v) is 6.58. The first-order chi connectivity index (χ1) is 9.56. The second kappa shape index (κ2) is 6.86. The summed E-state index contributed by atoms with van der Waals surface area (Å²) in [5, 5.41) is 3.30. The Morgan fingerprint density at radius 3 is 2.55 bits per heavy atom. The van der Waals surface area contributed by atoms with E-state index in [1.807, 2.05) is 43.3 Å². The third-order valence-corrected chi connectivity index (χ3v) is 4.51. The Bertz CT molecular complexity index is 590. The summed E-state index contributed by atoms with van der Waals surface area (Å²) >= 11 is 0. The molecular formula is C16H21NO2S. The average Bonchev–Trinajstić information content (AvgIpc) is 2.84. The summed E-state index contributed by atoms with van der Waals surface area (Å²) in [5.41, 5.74) is 1.05. The smallest absolute Gasteiger partial charge is 0.118 e. The van der Waals surface area contributed by atoms with Crippen LogP contribution >= 0.6 is 0 Å². The van der Waals surface area contributed by atoms with E-state index in [4.69, 9.17) is 4.42 Å². The fourth-order valence-electron chi connectivity index (χ4n) is 1.92. The highest BCUT2D eigenvalue weighted by Crippen LogP contribution is 2.17. The molecule has 1 aromatic heterocycles. The molecule has 0 fully saturated rings. The van der Waals surface area contributed by atoms with Crippen molar-refractivity contribution < 1.29 is 8.63 Å². The second-order valence-electron chi connectivity index (χ2n) is 5.16. The number of furan rings is 1. The van der Waals surface area contributed by atoms with Crippen molar-refractivity contribution in [3.8, 4) is 0 Å². The molecule has 4 heteroatoms. The van der Waals surface area contributed by atoms with Crippen LogP contribution in [0.2, 0.25) is 0 Å². The summed E-state index contributed by atoms with van der Waals surface area (Å²) in [4.78, 5) is 0.880. The lowest BCUT2D eigenvalue weighted by Gasteiger charge is -2.05. The monoisotopic (exact) mass is 291 g/mol. The molecule has 0 radical (unpaired) electrons. The van der Waals surface area contributed by atoms with Crippen LogP contribution in [0.15, 0.2) is 45.7 Å². The Hall–Kier alpha value is -1.39. The number of benzene rings is 1. The predicted molar refractivity (Wildman–Crippen MR) is 82.0 cm³/mol. The number of rotatable bonds is 6. The van der Waals surface area contributed by atoms with E-state index in [-0.39, 0.29) is 0 Å². The minimum Gasteiger partial charge on any atom is -0.464 e. The van der Waals surface area contributed by atoms with Crippen molar-refractivity contribution in [3.05, 3.63) is 53.5 Å². The van der Waals surface area contributed by atoms with E-state index in [2.05, 4.69) is 19.2 Å². The van der Waals surface area contributed by atoms with Gasteiger partial charge < -0.3 is 9.73 Å². The molecule has 0 saturated carbocycles. The molecule has 1 aromatic carbocycles. The fourth-order valence-corrected chi connectivity index (χ4v) is 3.15. The Balaban J connectivity index is 2.00. The van der Waals surface area contributed by atoms with Gasteiger partial charge in [-0.1, -0.05) is 32.0 Å². The summed E-state index contributed by atoms with van der Waals surface area (Å²) < 4.78 is 18.1. The van der Waals surface area contributed by atoms with Gasteiger partial charge in [0.05, 0.1) is 23.1 Å². The van der Waals surface area contributed by atoms with Crippen molar-refractivity contribution in [1.29, 1.82) is 0 Å². The van der Waals surface area contributed by atoms with Crippen LogP contribution in [0.4, 0.5) is 0 Å². The molecule has 0 saturated heterocycles. The maximum absolute atomic E-state index is 12.3. The third kappa shape index (κ3) is 4.05. The zero-order valence-corrected chi connectivity index (χ0v) is 13.0. The van der Waals surface area contributed by atoms with E-state index in [0.29, 0.717) is 18.3 Å². The highest BCUT2D eigenvalue weighted by molar-refractivity contribution is 7.84. The lowest BCUT2D eigenvalue weighted by atomic mass is 10.2. The highest BCUT2D eigenvalue weighted by atomic mass is 32.2. The van der Waals surface area contributed by atoms with Gasteiger partial charge in [0.1, 0.15) is 11.5 Å². The minimum atomic E-state index is -1.06.